The van der Waals surface area contributed by atoms with Crippen molar-refractivity contribution >= 4 is 15.9 Å². The van der Waals surface area contributed by atoms with E-state index in [0.29, 0.717) is 17.9 Å². The monoisotopic (exact) mass is 428 g/mol. The standard InChI is InChI=1S/C24H32N2O3S/c1-18-11-12-19(2)23(16-18)30(28,29)26-15-7-10-22(17-26)24(27)25-20(3)13-14-21-8-5-4-6-9-21/h4-6,8-9,11-12,16,20,22H,7,10,13-15,17H2,1-3H3,(H,25,27)/t20-,22-/m0/s1. The maximum absolute atomic E-state index is 13.2. The fourth-order valence-electron chi connectivity index (χ4n) is 3.96. The van der Waals surface area contributed by atoms with E-state index in [1.165, 1.54) is 9.87 Å². The highest BCUT2D eigenvalue weighted by molar-refractivity contribution is 7.89. The molecule has 6 heteroatoms. The van der Waals surface area contributed by atoms with Gasteiger partial charge in [0.1, 0.15) is 0 Å². The first-order chi connectivity index (χ1) is 14.3. The lowest BCUT2D eigenvalue weighted by Crippen LogP contribution is -2.47. The molecule has 162 valence electrons. The third kappa shape index (κ3) is 5.49. The van der Waals surface area contributed by atoms with E-state index >= 15 is 0 Å². The number of aryl methyl sites for hydroxylation is 3. The van der Waals surface area contributed by atoms with Crippen molar-refractivity contribution in [3.63, 3.8) is 0 Å². The SMILES string of the molecule is Cc1ccc(C)c(S(=O)(=O)N2CCC[C@H](C(=O)N[C@@H](C)CCc3ccccc3)C2)c1. The van der Waals surface area contributed by atoms with Crippen molar-refractivity contribution in [2.75, 3.05) is 13.1 Å². The lowest BCUT2D eigenvalue weighted by atomic mass is 9.98. The lowest BCUT2D eigenvalue weighted by Gasteiger charge is -2.32. The first-order valence-electron chi connectivity index (χ1n) is 10.7. The van der Waals surface area contributed by atoms with E-state index in [4.69, 9.17) is 0 Å². The number of benzene rings is 2. The zero-order valence-corrected chi connectivity index (χ0v) is 18.9. The molecule has 0 radical (unpaired) electrons. The number of carbonyl (C=O) groups excluding carboxylic acids is 1. The molecule has 0 aliphatic carbocycles. The Morgan fingerprint density at radius 3 is 2.63 bits per heavy atom. The maximum atomic E-state index is 13.2. The summed E-state index contributed by atoms with van der Waals surface area (Å²) in [6.07, 6.45) is 3.17. The summed E-state index contributed by atoms with van der Waals surface area (Å²) in [6.45, 7) is 6.42. The van der Waals surface area contributed by atoms with Gasteiger partial charge in [0.2, 0.25) is 15.9 Å². The fraction of sp³-hybridized carbons (Fsp3) is 0.458. The van der Waals surface area contributed by atoms with Crippen LogP contribution in [0.4, 0.5) is 0 Å². The number of carbonyl (C=O) groups is 1. The van der Waals surface area contributed by atoms with Crippen LogP contribution in [0.5, 0.6) is 0 Å². The Bertz CT molecular complexity index is 973. The highest BCUT2D eigenvalue weighted by Crippen LogP contribution is 2.26. The Balaban J connectivity index is 1.61. The van der Waals surface area contributed by atoms with Gasteiger partial charge in [0.25, 0.3) is 0 Å². The number of piperidine rings is 1. The first-order valence-corrected chi connectivity index (χ1v) is 12.1. The van der Waals surface area contributed by atoms with E-state index < -0.39 is 10.0 Å². The van der Waals surface area contributed by atoms with Crippen LogP contribution >= 0.6 is 0 Å². The molecule has 1 fully saturated rings. The molecule has 2 aromatic carbocycles. The van der Waals surface area contributed by atoms with Gasteiger partial charge >= 0.3 is 0 Å². The van der Waals surface area contributed by atoms with E-state index in [1.807, 2.05) is 51.1 Å². The van der Waals surface area contributed by atoms with Crippen LogP contribution in [-0.4, -0.2) is 37.8 Å². The maximum Gasteiger partial charge on any atom is 0.243 e. The van der Waals surface area contributed by atoms with Crippen molar-refractivity contribution in [1.29, 1.82) is 0 Å². The van der Waals surface area contributed by atoms with Crippen molar-refractivity contribution in [3.8, 4) is 0 Å². The largest absolute Gasteiger partial charge is 0.353 e. The number of rotatable bonds is 7. The minimum Gasteiger partial charge on any atom is -0.353 e. The molecular formula is C24H32N2O3S. The zero-order valence-electron chi connectivity index (χ0n) is 18.1. The summed E-state index contributed by atoms with van der Waals surface area (Å²) in [5.74, 6) is -0.353. The van der Waals surface area contributed by atoms with Gasteiger partial charge in [-0.3, -0.25) is 4.79 Å². The molecule has 1 heterocycles. The minimum absolute atomic E-state index is 0.0450. The van der Waals surface area contributed by atoms with E-state index in [1.54, 1.807) is 6.07 Å². The quantitative estimate of drug-likeness (QED) is 0.729. The Morgan fingerprint density at radius 2 is 1.90 bits per heavy atom. The molecular weight excluding hydrogens is 396 g/mol. The summed E-state index contributed by atoms with van der Waals surface area (Å²) >= 11 is 0. The van der Waals surface area contributed by atoms with Gasteiger partial charge in [-0.15, -0.1) is 0 Å². The van der Waals surface area contributed by atoms with E-state index in [0.717, 1.165) is 30.4 Å². The van der Waals surface area contributed by atoms with Gasteiger partial charge in [0.15, 0.2) is 0 Å². The van der Waals surface area contributed by atoms with Crippen LogP contribution in [0, 0.1) is 19.8 Å². The third-order valence-corrected chi connectivity index (χ3v) is 7.82. The number of hydrogen-bond acceptors (Lipinski definition) is 3. The molecule has 2 aromatic rings. The highest BCUT2D eigenvalue weighted by atomic mass is 32.2. The van der Waals surface area contributed by atoms with Crippen LogP contribution in [-0.2, 0) is 21.2 Å². The average molecular weight is 429 g/mol. The van der Waals surface area contributed by atoms with Crippen LogP contribution in [0.2, 0.25) is 0 Å². The molecule has 0 aromatic heterocycles. The molecule has 1 saturated heterocycles. The second-order valence-electron chi connectivity index (χ2n) is 8.41. The van der Waals surface area contributed by atoms with Crippen LogP contribution < -0.4 is 5.32 Å². The number of sulfonamides is 1. The predicted molar refractivity (Wildman–Crippen MR) is 120 cm³/mol. The van der Waals surface area contributed by atoms with Crippen molar-refractivity contribution in [2.45, 2.75) is 57.4 Å². The average Bonchev–Trinajstić information content (AvgIpc) is 2.74. The summed E-state index contributed by atoms with van der Waals surface area (Å²) in [6, 6.07) is 15.7. The van der Waals surface area contributed by atoms with Crippen molar-refractivity contribution in [3.05, 3.63) is 65.2 Å². The molecule has 30 heavy (non-hydrogen) atoms. The van der Waals surface area contributed by atoms with E-state index in [2.05, 4.69) is 17.4 Å². The van der Waals surface area contributed by atoms with Crippen molar-refractivity contribution in [2.24, 2.45) is 5.92 Å². The predicted octanol–water partition coefficient (Wildman–Crippen LogP) is 3.84. The highest BCUT2D eigenvalue weighted by Gasteiger charge is 2.34. The van der Waals surface area contributed by atoms with Crippen LogP contribution in [0.1, 0.15) is 42.9 Å². The van der Waals surface area contributed by atoms with Crippen LogP contribution in [0.3, 0.4) is 0 Å². The summed E-state index contributed by atoms with van der Waals surface area (Å²) in [5.41, 5.74) is 2.90. The van der Waals surface area contributed by atoms with E-state index in [9.17, 15) is 13.2 Å². The number of amides is 1. The van der Waals surface area contributed by atoms with Gasteiger partial charge < -0.3 is 5.32 Å². The first kappa shape index (κ1) is 22.5. The summed E-state index contributed by atoms with van der Waals surface area (Å²) in [5, 5.41) is 3.09. The van der Waals surface area contributed by atoms with Crippen molar-refractivity contribution < 1.29 is 13.2 Å². The topological polar surface area (TPSA) is 66.5 Å². The lowest BCUT2D eigenvalue weighted by molar-refractivity contribution is -0.126. The van der Waals surface area contributed by atoms with Crippen LogP contribution in [0.25, 0.3) is 0 Å². The normalized spacial score (nSPS) is 18.7. The van der Waals surface area contributed by atoms with Gasteiger partial charge in [-0.1, -0.05) is 42.5 Å². The zero-order chi connectivity index (χ0) is 21.7. The molecule has 1 N–H and O–H groups in total. The molecule has 1 amide bonds. The molecule has 1 aliphatic rings. The molecule has 5 nitrogen and oxygen atoms in total. The van der Waals surface area contributed by atoms with Gasteiger partial charge in [0.05, 0.1) is 10.8 Å². The summed E-state index contributed by atoms with van der Waals surface area (Å²) in [4.78, 5) is 13.2. The smallest absolute Gasteiger partial charge is 0.243 e. The molecule has 1 aliphatic heterocycles. The number of nitrogens with zero attached hydrogens (tertiary/aromatic N) is 1. The molecule has 0 spiro atoms. The van der Waals surface area contributed by atoms with Crippen LogP contribution in [0.15, 0.2) is 53.4 Å². The fourth-order valence-corrected chi connectivity index (χ4v) is 5.79. The summed E-state index contributed by atoms with van der Waals surface area (Å²) in [7, 11) is -3.60. The Kier molecular flexibility index (Phi) is 7.32. The Morgan fingerprint density at radius 1 is 1.17 bits per heavy atom. The van der Waals surface area contributed by atoms with Gasteiger partial charge in [-0.05, 0) is 69.2 Å². The van der Waals surface area contributed by atoms with Gasteiger partial charge in [-0.25, -0.2) is 8.42 Å². The molecule has 3 rings (SSSR count). The minimum atomic E-state index is -3.60. The summed E-state index contributed by atoms with van der Waals surface area (Å²) < 4.78 is 27.9. The second kappa shape index (κ2) is 9.75. The number of nitrogens with one attached hydrogen (secondary N) is 1. The van der Waals surface area contributed by atoms with E-state index in [-0.39, 0.29) is 24.4 Å². The second-order valence-corrected chi connectivity index (χ2v) is 10.3. The Labute approximate surface area is 180 Å². The molecule has 2 atom stereocenters. The van der Waals surface area contributed by atoms with Gasteiger partial charge in [-0.2, -0.15) is 4.31 Å². The van der Waals surface area contributed by atoms with Gasteiger partial charge in [0, 0.05) is 19.1 Å². The van der Waals surface area contributed by atoms with Crippen molar-refractivity contribution in [1.82, 2.24) is 9.62 Å². The number of hydrogen-bond donors (Lipinski definition) is 1. The molecule has 0 unspecified atom stereocenters. The Hall–Kier alpha value is -2.18. The third-order valence-electron chi connectivity index (χ3n) is 5.81. The molecule has 0 bridgehead atoms. The molecule has 0 saturated carbocycles.